The molecule has 1 aromatic rings. The number of hydrogen-bond donors (Lipinski definition) is 0. The minimum Gasteiger partial charge on any atom is -0.456 e. The van der Waals surface area contributed by atoms with Gasteiger partial charge in [-0.3, -0.25) is 4.99 Å². The lowest BCUT2D eigenvalue weighted by Crippen LogP contribution is -2.10. The molecule has 2 heterocycles. The summed E-state index contributed by atoms with van der Waals surface area (Å²) in [5.41, 5.74) is 2.29. The molecule has 3 rings (SSSR count). The Kier molecular flexibility index (Phi) is 1.53. The van der Waals surface area contributed by atoms with Gasteiger partial charge in [0, 0.05) is 17.4 Å². The van der Waals surface area contributed by atoms with Gasteiger partial charge in [0.25, 0.3) is 0 Å². The van der Waals surface area contributed by atoms with Crippen LogP contribution in [0.5, 0.6) is 5.75 Å². The maximum Gasteiger partial charge on any atom is 0.134 e. The summed E-state index contributed by atoms with van der Waals surface area (Å²) >= 11 is 0. The minimum absolute atomic E-state index is 0.722. The van der Waals surface area contributed by atoms with E-state index in [9.17, 15) is 0 Å². The van der Waals surface area contributed by atoms with Gasteiger partial charge in [-0.25, -0.2) is 0 Å². The molecule has 14 heavy (non-hydrogen) atoms. The van der Waals surface area contributed by atoms with Gasteiger partial charge in [0.2, 0.25) is 0 Å². The zero-order valence-electron chi connectivity index (χ0n) is 7.60. The number of aliphatic imine (C=N–C) groups is 1. The highest BCUT2D eigenvalue weighted by Crippen LogP contribution is 2.31. The Morgan fingerprint density at radius 3 is 3.14 bits per heavy atom. The Morgan fingerprint density at radius 2 is 2.14 bits per heavy atom. The van der Waals surface area contributed by atoms with E-state index in [0.29, 0.717) is 0 Å². The standard InChI is InChI=1S/C12H9NO/c1-2-4-11-9(3-1)7-10-8-13-6-5-12(10)14-11/h1-7H,8H2. The van der Waals surface area contributed by atoms with Gasteiger partial charge >= 0.3 is 0 Å². The second-order valence-electron chi connectivity index (χ2n) is 3.33. The van der Waals surface area contributed by atoms with E-state index in [2.05, 4.69) is 17.1 Å². The van der Waals surface area contributed by atoms with E-state index >= 15 is 0 Å². The average Bonchev–Trinajstić information content (AvgIpc) is 2.26. The van der Waals surface area contributed by atoms with Gasteiger partial charge in [-0.2, -0.15) is 0 Å². The second-order valence-corrected chi connectivity index (χ2v) is 3.33. The maximum absolute atomic E-state index is 5.74. The molecular weight excluding hydrogens is 174 g/mol. The van der Waals surface area contributed by atoms with Crippen molar-refractivity contribution in [3.8, 4) is 5.75 Å². The van der Waals surface area contributed by atoms with Crippen molar-refractivity contribution >= 4 is 12.3 Å². The number of hydrogen-bond acceptors (Lipinski definition) is 2. The first-order valence-corrected chi connectivity index (χ1v) is 4.61. The number of benzene rings is 1. The van der Waals surface area contributed by atoms with Gasteiger partial charge in [0.05, 0.1) is 6.54 Å². The Hall–Kier alpha value is -1.83. The summed E-state index contributed by atoms with van der Waals surface area (Å²) in [5.74, 6) is 1.86. The topological polar surface area (TPSA) is 21.6 Å². The first kappa shape index (κ1) is 7.56. The van der Waals surface area contributed by atoms with Crippen molar-refractivity contribution in [1.82, 2.24) is 0 Å². The Morgan fingerprint density at radius 1 is 1.21 bits per heavy atom. The highest BCUT2D eigenvalue weighted by Gasteiger charge is 2.16. The van der Waals surface area contributed by atoms with Crippen LogP contribution >= 0.6 is 0 Å². The zero-order chi connectivity index (χ0) is 9.38. The van der Waals surface area contributed by atoms with Crippen LogP contribution < -0.4 is 4.74 Å². The van der Waals surface area contributed by atoms with E-state index in [1.807, 2.05) is 24.3 Å². The number of nitrogens with zero attached hydrogens (tertiary/aromatic N) is 1. The molecule has 2 aliphatic heterocycles. The summed E-state index contributed by atoms with van der Waals surface area (Å²) in [7, 11) is 0. The molecule has 68 valence electrons. The lowest BCUT2D eigenvalue weighted by Gasteiger charge is -2.20. The Balaban J connectivity index is 2.15. The van der Waals surface area contributed by atoms with Gasteiger partial charge in [-0.15, -0.1) is 0 Å². The number of dihydropyridines is 1. The SMILES string of the molecule is C1=NCC2=Cc3ccccc3OC2=C1. The summed E-state index contributed by atoms with van der Waals surface area (Å²) in [6.07, 6.45) is 5.84. The molecule has 0 aromatic heterocycles. The van der Waals surface area contributed by atoms with E-state index in [1.54, 1.807) is 6.21 Å². The summed E-state index contributed by atoms with van der Waals surface area (Å²) in [6, 6.07) is 8.03. The van der Waals surface area contributed by atoms with Crippen LogP contribution in [-0.4, -0.2) is 12.8 Å². The summed E-state index contributed by atoms with van der Waals surface area (Å²) in [6.45, 7) is 0.722. The second kappa shape index (κ2) is 2.84. The van der Waals surface area contributed by atoms with Crippen LogP contribution in [0.2, 0.25) is 0 Å². The molecule has 0 atom stereocenters. The Bertz CT molecular complexity index is 469. The number of allylic oxidation sites excluding steroid dienone is 1. The summed E-state index contributed by atoms with van der Waals surface area (Å²) in [5, 5.41) is 0. The molecule has 0 unspecified atom stereocenters. The lowest BCUT2D eigenvalue weighted by molar-refractivity contribution is 0.429. The van der Waals surface area contributed by atoms with Gasteiger partial charge in [-0.05, 0) is 18.2 Å². The van der Waals surface area contributed by atoms with Crippen molar-refractivity contribution < 1.29 is 4.74 Å². The predicted octanol–water partition coefficient (Wildman–Crippen LogP) is 2.43. The summed E-state index contributed by atoms with van der Waals surface area (Å²) < 4.78 is 5.74. The molecule has 0 bridgehead atoms. The largest absolute Gasteiger partial charge is 0.456 e. The molecule has 0 fully saturated rings. The third kappa shape index (κ3) is 1.08. The molecule has 0 amide bonds. The fraction of sp³-hybridized carbons (Fsp3) is 0.0833. The van der Waals surface area contributed by atoms with Crippen LogP contribution in [-0.2, 0) is 0 Å². The minimum atomic E-state index is 0.722. The number of fused-ring (bicyclic) bond motifs is 2. The van der Waals surface area contributed by atoms with E-state index in [-0.39, 0.29) is 0 Å². The third-order valence-electron chi connectivity index (χ3n) is 2.38. The Labute approximate surface area is 82.2 Å². The van der Waals surface area contributed by atoms with Crippen molar-refractivity contribution in [2.45, 2.75) is 0 Å². The molecule has 2 aliphatic rings. The smallest absolute Gasteiger partial charge is 0.134 e. The maximum atomic E-state index is 5.74. The molecule has 1 aromatic carbocycles. The molecule has 0 N–H and O–H groups in total. The molecule has 0 spiro atoms. The van der Waals surface area contributed by atoms with Gasteiger partial charge in [0.15, 0.2) is 0 Å². The summed E-state index contributed by atoms with van der Waals surface area (Å²) in [4.78, 5) is 4.18. The average molecular weight is 183 g/mol. The van der Waals surface area contributed by atoms with Crippen molar-refractivity contribution in [3.63, 3.8) is 0 Å². The molecule has 2 nitrogen and oxygen atoms in total. The van der Waals surface area contributed by atoms with Gasteiger partial charge in [-0.1, -0.05) is 18.2 Å². The highest BCUT2D eigenvalue weighted by molar-refractivity contribution is 5.79. The fourth-order valence-electron chi connectivity index (χ4n) is 1.67. The van der Waals surface area contributed by atoms with E-state index in [1.165, 1.54) is 0 Å². The molecular formula is C12H9NO. The molecule has 0 saturated heterocycles. The quantitative estimate of drug-likeness (QED) is 0.605. The molecule has 0 saturated carbocycles. The third-order valence-corrected chi connectivity index (χ3v) is 2.38. The molecule has 0 radical (unpaired) electrons. The number of rotatable bonds is 0. The number of para-hydroxylation sites is 1. The van der Waals surface area contributed by atoms with Crippen LogP contribution in [0.3, 0.4) is 0 Å². The van der Waals surface area contributed by atoms with Crippen LogP contribution in [0.1, 0.15) is 5.56 Å². The van der Waals surface area contributed by atoms with Crippen LogP contribution in [0.15, 0.2) is 46.7 Å². The molecule has 0 aliphatic carbocycles. The van der Waals surface area contributed by atoms with Gasteiger partial charge in [0.1, 0.15) is 11.5 Å². The normalized spacial score (nSPS) is 17.4. The zero-order valence-corrected chi connectivity index (χ0v) is 7.60. The van der Waals surface area contributed by atoms with Crippen molar-refractivity contribution in [2.75, 3.05) is 6.54 Å². The highest BCUT2D eigenvalue weighted by atomic mass is 16.5. The first-order valence-electron chi connectivity index (χ1n) is 4.61. The van der Waals surface area contributed by atoms with Crippen molar-refractivity contribution in [2.24, 2.45) is 4.99 Å². The van der Waals surface area contributed by atoms with Crippen LogP contribution in [0.25, 0.3) is 6.08 Å². The molecule has 2 heteroatoms. The van der Waals surface area contributed by atoms with E-state index < -0.39 is 0 Å². The van der Waals surface area contributed by atoms with Crippen LogP contribution in [0, 0.1) is 0 Å². The van der Waals surface area contributed by atoms with E-state index in [4.69, 9.17) is 4.74 Å². The van der Waals surface area contributed by atoms with Crippen molar-refractivity contribution in [1.29, 1.82) is 0 Å². The number of ether oxygens (including phenoxy) is 1. The fourth-order valence-corrected chi connectivity index (χ4v) is 1.67. The predicted molar refractivity (Wildman–Crippen MR) is 56.5 cm³/mol. The van der Waals surface area contributed by atoms with Gasteiger partial charge < -0.3 is 4.74 Å². The lowest BCUT2D eigenvalue weighted by atomic mass is 10.0. The van der Waals surface area contributed by atoms with Crippen LogP contribution in [0.4, 0.5) is 0 Å². The first-order chi connectivity index (χ1) is 6.93. The van der Waals surface area contributed by atoms with E-state index in [0.717, 1.165) is 29.2 Å². The monoisotopic (exact) mass is 183 g/mol. The van der Waals surface area contributed by atoms with Crippen molar-refractivity contribution in [3.05, 3.63) is 47.2 Å².